The van der Waals surface area contributed by atoms with Crippen LogP contribution in [0.15, 0.2) is 29.8 Å². The Bertz CT molecular complexity index is 543. The van der Waals surface area contributed by atoms with Gasteiger partial charge in [-0.05, 0) is 26.0 Å². The maximum absolute atomic E-state index is 11.8. The molecule has 1 aromatic rings. The predicted molar refractivity (Wildman–Crippen MR) is 78.6 cm³/mol. The molecular weight excluding hydrogens is 270 g/mol. The highest BCUT2D eigenvalue weighted by Gasteiger charge is 2.12. The fraction of sp³-hybridized carbons (Fsp3) is 0.375. The van der Waals surface area contributed by atoms with Crippen molar-refractivity contribution in [3.63, 3.8) is 0 Å². The maximum Gasteiger partial charge on any atom is 0.348 e. The minimum absolute atomic E-state index is 0.00117. The summed E-state index contributed by atoms with van der Waals surface area (Å²) in [6.07, 6.45) is 1.46. The Kier molecular flexibility index (Phi) is 6.99. The van der Waals surface area contributed by atoms with Gasteiger partial charge < -0.3 is 14.2 Å². The van der Waals surface area contributed by atoms with Gasteiger partial charge >= 0.3 is 5.97 Å². The van der Waals surface area contributed by atoms with Crippen molar-refractivity contribution in [1.82, 2.24) is 0 Å². The van der Waals surface area contributed by atoms with Gasteiger partial charge in [-0.15, -0.1) is 0 Å². The topological polar surface area (TPSA) is 68.5 Å². The Labute approximate surface area is 124 Å². The largest absolute Gasteiger partial charge is 0.490 e. The average molecular weight is 289 g/mol. The zero-order chi connectivity index (χ0) is 15.7. The van der Waals surface area contributed by atoms with Gasteiger partial charge in [0.25, 0.3) is 0 Å². The molecule has 0 bridgehead atoms. The maximum atomic E-state index is 11.8. The molecule has 0 radical (unpaired) electrons. The Balaban J connectivity index is 2.93. The van der Waals surface area contributed by atoms with E-state index in [1.807, 2.05) is 32.0 Å². The van der Waals surface area contributed by atoms with E-state index in [0.29, 0.717) is 11.3 Å². The second kappa shape index (κ2) is 8.77. The summed E-state index contributed by atoms with van der Waals surface area (Å²) >= 11 is 0. The lowest BCUT2D eigenvalue weighted by Gasteiger charge is -2.12. The van der Waals surface area contributed by atoms with E-state index in [4.69, 9.17) is 19.5 Å². The number of para-hydroxylation sites is 1. The first kappa shape index (κ1) is 16.7. The molecule has 5 heteroatoms. The highest BCUT2D eigenvalue weighted by molar-refractivity contribution is 5.98. The Morgan fingerprint density at radius 1 is 1.33 bits per heavy atom. The smallest absolute Gasteiger partial charge is 0.348 e. The minimum Gasteiger partial charge on any atom is -0.490 e. The molecule has 1 rings (SSSR count). The van der Waals surface area contributed by atoms with Crippen LogP contribution in [0.1, 0.15) is 19.4 Å². The quantitative estimate of drug-likeness (QED) is 0.334. The summed E-state index contributed by atoms with van der Waals surface area (Å²) in [6.45, 7) is 4.21. The molecule has 0 aliphatic carbocycles. The van der Waals surface area contributed by atoms with E-state index in [1.165, 1.54) is 13.2 Å². The van der Waals surface area contributed by atoms with Crippen molar-refractivity contribution < 1.29 is 19.0 Å². The van der Waals surface area contributed by atoms with Crippen LogP contribution in [0.25, 0.3) is 6.08 Å². The molecule has 21 heavy (non-hydrogen) atoms. The number of nitriles is 1. The molecule has 0 saturated carbocycles. The van der Waals surface area contributed by atoms with Gasteiger partial charge in [-0.1, -0.05) is 18.2 Å². The second-order valence-corrected chi connectivity index (χ2v) is 4.50. The van der Waals surface area contributed by atoms with Gasteiger partial charge in [0.2, 0.25) is 0 Å². The highest BCUT2D eigenvalue weighted by Crippen LogP contribution is 2.22. The molecule has 112 valence electrons. The standard InChI is InChI=1S/C16H19NO4/c1-12(2)21-15-7-5-4-6-13(15)10-14(11-17)16(18)20-9-8-19-3/h4-7,10,12H,8-9H2,1-3H3. The van der Waals surface area contributed by atoms with Crippen molar-refractivity contribution in [2.75, 3.05) is 20.3 Å². The molecule has 1 aromatic carbocycles. The van der Waals surface area contributed by atoms with E-state index in [9.17, 15) is 4.79 Å². The van der Waals surface area contributed by atoms with E-state index < -0.39 is 5.97 Å². The number of rotatable bonds is 7. The summed E-state index contributed by atoms with van der Waals surface area (Å²) in [6, 6.07) is 9.05. The zero-order valence-corrected chi connectivity index (χ0v) is 12.5. The van der Waals surface area contributed by atoms with E-state index in [2.05, 4.69) is 0 Å². The lowest BCUT2D eigenvalue weighted by Crippen LogP contribution is -2.11. The van der Waals surface area contributed by atoms with Crippen LogP contribution in [0.3, 0.4) is 0 Å². The molecular formula is C16H19NO4. The first-order valence-electron chi connectivity index (χ1n) is 6.62. The Hall–Kier alpha value is -2.32. The number of hydrogen-bond acceptors (Lipinski definition) is 5. The van der Waals surface area contributed by atoms with Crippen LogP contribution in [0, 0.1) is 11.3 Å². The summed E-state index contributed by atoms with van der Waals surface area (Å²) in [5.74, 6) is -0.0566. The second-order valence-electron chi connectivity index (χ2n) is 4.50. The normalized spacial score (nSPS) is 11.1. The first-order valence-corrected chi connectivity index (χ1v) is 6.62. The van der Waals surface area contributed by atoms with Crippen molar-refractivity contribution in [2.24, 2.45) is 0 Å². The van der Waals surface area contributed by atoms with Crippen LogP contribution in [0.2, 0.25) is 0 Å². The van der Waals surface area contributed by atoms with Gasteiger partial charge in [0, 0.05) is 12.7 Å². The lowest BCUT2D eigenvalue weighted by molar-refractivity contribution is -0.139. The molecule has 0 unspecified atom stereocenters. The van der Waals surface area contributed by atoms with Gasteiger partial charge in [0.15, 0.2) is 0 Å². The molecule has 0 amide bonds. The number of nitrogens with zero attached hydrogens (tertiary/aromatic N) is 1. The van der Waals surface area contributed by atoms with Crippen LogP contribution in [-0.4, -0.2) is 32.4 Å². The lowest BCUT2D eigenvalue weighted by atomic mass is 10.1. The average Bonchev–Trinajstić information content (AvgIpc) is 2.45. The van der Waals surface area contributed by atoms with E-state index >= 15 is 0 Å². The van der Waals surface area contributed by atoms with Gasteiger partial charge in [-0.3, -0.25) is 0 Å². The zero-order valence-electron chi connectivity index (χ0n) is 12.5. The Morgan fingerprint density at radius 3 is 2.67 bits per heavy atom. The third-order valence-electron chi connectivity index (χ3n) is 2.44. The summed E-state index contributed by atoms with van der Waals surface area (Å²) in [5, 5.41) is 9.10. The summed E-state index contributed by atoms with van der Waals surface area (Å²) in [7, 11) is 1.51. The van der Waals surface area contributed by atoms with Gasteiger partial charge in [-0.2, -0.15) is 5.26 Å². The van der Waals surface area contributed by atoms with Crippen molar-refractivity contribution >= 4 is 12.0 Å². The van der Waals surface area contributed by atoms with Crippen LogP contribution >= 0.6 is 0 Å². The third-order valence-corrected chi connectivity index (χ3v) is 2.44. The van der Waals surface area contributed by atoms with Crippen LogP contribution in [0.4, 0.5) is 0 Å². The number of hydrogen-bond donors (Lipinski definition) is 0. The SMILES string of the molecule is COCCOC(=O)C(C#N)=Cc1ccccc1OC(C)C. The van der Waals surface area contributed by atoms with Crippen LogP contribution < -0.4 is 4.74 Å². The van der Waals surface area contributed by atoms with Crippen LogP contribution in [0.5, 0.6) is 5.75 Å². The number of esters is 1. The molecule has 0 atom stereocenters. The molecule has 0 fully saturated rings. The molecule has 0 aliphatic heterocycles. The van der Waals surface area contributed by atoms with Crippen molar-refractivity contribution in [3.8, 4) is 11.8 Å². The summed E-state index contributed by atoms with van der Waals surface area (Å²) in [4.78, 5) is 11.8. The molecule has 5 nitrogen and oxygen atoms in total. The minimum atomic E-state index is -0.672. The number of carbonyl (C=O) groups is 1. The number of carbonyl (C=O) groups excluding carboxylic acids is 1. The molecule has 0 N–H and O–H groups in total. The molecule has 0 heterocycles. The van der Waals surface area contributed by atoms with E-state index in [-0.39, 0.29) is 24.9 Å². The Morgan fingerprint density at radius 2 is 2.05 bits per heavy atom. The van der Waals surface area contributed by atoms with Crippen molar-refractivity contribution in [3.05, 3.63) is 35.4 Å². The van der Waals surface area contributed by atoms with Crippen molar-refractivity contribution in [1.29, 1.82) is 5.26 Å². The number of benzene rings is 1. The fourth-order valence-electron chi connectivity index (χ4n) is 1.55. The summed E-state index contributed by atoms with van der Waals surface area (Å²) in [5.41, 5.74) is 0.581. The number of methoxy groups -OCH3 is 1. The molecule has 0 aliphatic rings. The monoisotopic (exact) mass is 289 g/mol. The summed E-state index contributed by atoms with van der Waals surface area (Å²) < 4.78 is 15.4. The van der Waals surface area contributed by atoms with Gasteiger partial charge in [-0.25, -0.2) is 4.79 Å². The molecule has 0 aromatic heterocycles. The number of ether oxygens (including phenoxy) is 3. The highest BCUT2D eigenvalue weighted by atomic mass is 16.6. The van der Waals surface area contributed by atoms with Crippen molar-refractivity contribution in [2.45, 2.75) is 20.0 Å². The predicted octanol–water partition coefficient (Wildman–Crippen LogP) is 2.57. The van der Waals surface area contributed by atoms with E-state index in [0.717, 1.165) is 0 Å². The fourth-order valence-corrected chi connectivity index (χ4v) is 1.55. The molecule has 0 saturated heterocycles. The third kappa shape index (κ3) is 5.67. The van der Waals surface area contributed by atoms with Gasteiger partial charge in [0.05, 0.1) is 12.7 Å². The van der Waals surface area contributed by atoms with Crippen LogP contribution in [-0.2, 0) is 14.3 Å². The van der Waals surface area contributed by atoms with E-state index in [1.54, 1.807) is 12.1 Å². The van der Waals surface area contributed by atoms with Gasteiger partial charge in [0.1, 0.15) is 24.0 Å². The molecule has 0 spiro atoms. The first-order chi connectivity index (χ1) is 10.1.